The fourth-order valence-corrected chi connectivity index (χ4v) is 3.08. The zero-order chi connectivity index (χ0) is 15.2. The molecule has 0 aromatic heterocycles. The minimum atomic E-state index is -0.644. The minimum Gasteiger partial charge on any atom is -0.481 e. The van der Waals surface area contributed by atoms with E-state index in [4.69, 9.17) is 28.3 Å². The molecule has 0 aliphatic carbocycles. The summed E-state index contributed by atoms with van der Waals surface area (Å²) in [5, 5.41) is 10.2. The maximum Gasteiger partial charge on any atom is 0.306 e. The zero-order valence-electron chi connectivity index (χ0n) is 12.0. The van der Waals surface area contributed by atoms with Crippen molar-refractivity contribution in [1.29, 1.82) is 0 Å². The number of aliphatic carboxylic acids is 1. The Bertz CT molecular complexity index is 485. The van der Waals surface area contributed by atoms with E-state index >= 15 is 0 Å². The number of benzene rings is 1. The van der Waals surface area contributed by atoms with E-state index in [0.717, 1.165) is 51.7 Å². The van der Waals surface area contributed by atoms with Crippen molar-refractivity contribution in [3.05, 3.63) is 33.8 Å². The normalized spacial score (nSPS) is 17.0. The molecule has 0 atom stereocenters. The molecule has 0 unspecified atom stereocenters. The molecule has 116 valence electrons. The summed E-state index contributed by atoms with van der Waals surface area (Å²) in [6, 6.07) is 5.80. The molecule has 0 radical (unpaired) electrons. The van der Waals surface area contributed by atoms with Gasteiger partial charge >= 0.3 is 5.97 Å². The third-order valence-corrected chi connectivity index (χ3v) is 4.85. The standard InChI is InChI=1S/C16H21Cl2NO2/c17-14-5-4-12(11-15(14)18)3-1-2-8-19-9-6-13(7-10-19)16(20)21/h4-5,11,13H,1-3,6-10H2,(H,20,21). The van der Waals surface area contributed by atoms with E-state index < -0.39 is 5.97 Å². The van der Waals surface area contributed by atoms with Gasteiger partial charge < -0.3 is 10.0 Å². The largest absolute Gasteiger partial charge is 0.481 e. The highest BCUT2D eigenvalue weighted by molar-refractivity contribution is 6.42. The van der Waals surface area contributed by atoms with Crippen molar-refractivity contribution < 1.29 is 9.90 Å². The van der Waals surface area contributed by atoms with Crippen LogP contribution in [-0.4, -0.2) is 35.6 Å². The van der Waals surface area contributed by atoms with Gasteiger partial charge in [0, 0.05) is 0 Å². The SMILES string of the molecule is O=C(O)C1CCN(CCCCc2ccc(Cl)c(Cl)c2)CC1. The molecule has 1 fully saturated rings. The molecule has 1 heterocycles. The molecule has 5 heteroatoms. The van der Waals surface area contributed by atoms with E-state index in [2.05, 4.69) is 4.90 Å². The molecule has 1 aliphatic rings. The van der Waals surface area contributed by atoms with Gasteiger partial charge in [0.2, 0.25) is 0 Å². The molecule has 0 spiro atoms. The Labute approximate surface area is 135 Å². The predicted octanol–water partition coefficient (Wildman–Crippen LogP) is 4.11. The second kappa shape index (κ2) is 8.02. The third kappa shape index (κ3) is 5.17. The van der Waals surface area contributed by atoms with Gasteiger partial charge in [-0.25, -0.2) is 0 Å². The van der Waals surface area contributed by atoms with Gasteiger partial charge in [0.1, 0.15) is 0 Å². The summed E-state index contributed by atoms with van der Waals surface area (Å²) >= 11 is 11.9. The lowest BCUT2D eigenvalue weighted by Gasteiger charge is -2.29. The van der Waals surface area contributed by atoms with Gasteiger partial charge in [-0.3, -0.25) is 4.79 Å². The summed E-state index contributed by atoms with van der Waals surface area (Å²) in [6.07, 6.45) is 4.79. The zero-order valence-corrected chi connectivity index (χ0v) is 13.5. The van der Waals surface area contributed by atoms with Crippen LogP contribution < -0.4 is 0 Å². The lowest BCUT2D eigenvalue weighted by atomic mass is 9.97. The first kappa shape index (κ1) is 16.6. The highest BCUT2D eigenvalue weighted by atomic mass is 35.5. The number of rotatable bonds is 6. The van der Waals surface area contributed by atoms with Crippen molar-refractivity contribution in [3.63, 3.8) is 0 Å². The number of carboxylic acid groups (broad SMARTS) is 1. The summed E-state index contributed by atoms with van der Waals surface area (Å²) in [7, 11) is 0. The van der Waals surface area contributed by atoms with Crippen LogP contribution in [0, 0.1) is 5.92 Å². The molecule has 2 rings (SSSR count). The third-order valence-electron chi connectivity index (χ3n) is 4.11. The number of hydrogen-bond donors (Lipinski definition) is 1. The number of halogens is 2. The molecule has 1 saturated heterocycles. The van der Waals surface area contributed by atoms with Gasteiger partial charge in [0.15, 0.2) is 0 Å². The van der Waals surface area contributed by atoms with Crippen LogP contribution in [0.5, 0.6) is 0 Å². The van der Waals surface area contributed by atoms with Crippen molar-refractivity contribution in [3.8, 4) is 0 Å². The number of piperidine rings is 1. The van der Waals surface area contributed by atoms with E-state index in [9.17, 15) is 4.79 Å². The summed E-state index contributed by atoms with van der Waals surface area (Å²) in [4.78, 5) is 13.3. The maximum absolute atomic E-state index is 10.9. The quantitative estimate of drug-likeness (QED) is 0.798. The first-order valence-corrected chi connectivity index (χ1v) is 8.21. The maximum atomic E-state index is 10.9. The molecular formula is C16H21Cl2NO2. The van der Waals surface area contributed by atoms with Crippen molar-refractivity contribution in [2.24, 2.45) is 5.92 Å². The number of aryl methyl sites for hydroxylation is 1. The molecule has 0 amide bonds. The van der Waals surface area contributed by atoms with Gasteiger partial charge in [-0.2, -0.15) is 0 Å². The van der Waals surface area contributed by atoms with Crippen LogP contribution in [0.2, 0.25) is 10.0 Å². The van der Waals surface area contributed by atoms with Crippen LogP contribution in [0.15, 0.2) is 18.2 Å². The summed E-state index contributed by atoms with van der Waals surface area (Å²) in [5.41, 5.74) is 1.22. The molecule has 1 aromatic rings. The Morgan fingerprint density at radius 3 is 2.52 bits per heavy atom. The summed E-state index contributed by atoms with van der Waals surface area (Å²) in [6.45, 7) is 2.86. The molecular weight excluding hydrogens is 309 g/mol. The first-order valence-electron chi connectivity index (χ1n) is 7.45. The fourth-order valence-electron chi connectivity index (χ4n) is 2.76. The van der Waals surface area contributed by atoms with Crippen LogP contribution in [0.25, 0.3) is 0 Å². The lowest BCUT2D eigenvalue weighted by Crippen LogP contribution is -2.36. The van der Waals surface area contributed by atoms with Crippen molar-refractivity contribution >= 4 is 29.2 Å². The molecule has 1 aliphatic heterocycles. The van der Waals surface area contributed by atoms with Crippen LogP contribution >= 0.6 is 23.2 Å². The minimum absolute atomic E-state index is 0.141. The van der Waals surface area contributed by atoms with Crippen molar-refractivity contribution in [1.82, 2.24) is 4.90 Å². The predicted molar refractivity (Wildman–Crippen MR) is 86.2 cm³/mol. The van der Waals surface area contributed by atoms with Crippen LogP contribution in [0.4, 0.5) is 0 Å². The highest BCUT2D eigenvalue weighted by Gasteiger charge is 2.23. The molecule has 0 saturated carbocycles. The number of carboxylic acids is 1. The number of unbranched alkanes of at least 4 members (excludes halogenated alkanes) is 1. The van der Waals surface area contributed by atoms with Crippen molar-refractivity contribution in [2.75, 3.05) is 19.6 Å². The molecule has 0 bridgehead atoms. The molecule has 21 heavy (non-hydrogen) atoms. The Hall–Kier alpha value is -0.770. The second-order valence-electron chi connectivity index (χ2n) is 5.66. The average molecular weight is 330 g/mol. The van der Waals surface area contributed by atoms with E-state index in [1.165, 1.54) is 5.56 Å². The second-order valence-corrected chi connectivity index (χ2v) is 6.47. The average Bonchev–Trinajstić information content (AvgIpc) is 2.47. The molecule has 1 N–H and O–H groups in total. The molecule has 3 nitrogen and oxygen atoms in total. The van der Waals surface area contributed by atoms with Gasteiger partial charge in [-0.1, -0.05) is 29.3 Å². The van der Waals surface area contributed by atoms with E-state index in [0.29, 0.717) is 10.0 Å². The van der Waals surface area contributed by atoms with Gasteiger partial charge in [0.05, 0.1) is 16.0 Å². The summed E-state index contributed by atoms with van der Waals surface area (Å²) in [5.74, 6) is -0.785. The lowest BCUT2D eigenvalue weighted by molar-refractivity contribution is -0.143. The van der Waals surface area contributed by atoms with Crippen molar-refractivity contribution in [2.45, 2.75) is 32.1 Å². The van der Waals surface area contributed by atoms with E-state index in [1.807, 2.05) is 18.2 Å². The topological polar surface area (TPSA) is 40.5 Å². The monoisotopic (exact) mass is 329 g/mol. The highest BCUT2D eigenvalue weighted by Crippen LogP contribution is 2.23. The Balaban J connectivity index is 1.64. The molecule has 1 aromatic carbocycles. The summed E-state index contributed by atoms with van der Waals surface area (Å²) < 4.78 is 0. The number of carbonyl (C=O) groups is 1. The van der Waals surface area contributed by atoms with Gasteiger partial charge in [-0.15, -0.1) is 0 Å². The van der Waals surface area contributed by atoms with Crippen LogP contribution in [0.3, 0.4) is 0 Å². The smallest absolute Gasteiger partial charge is 0.306 e. The van der Waals surface area contributed by atoms with Gasteiger partial charge in [0.25, 0.3) is 0 Å². The first-order chi connectivity index (χ1) is 10.1. The number of nitrogens with zero attached hydrogens (tertiary/aromatic N) is 1. The van der Waals surface area contributed by atoms with E-state index in [1.54, 1.807) is 0 Å². The van der Waals surface area contributed by atoms with E-state index in [-0.39, 0.29) is 5.92 Å². The number of hydrogen-bond acceptors (Lipinski definition) is 2. The van der Waals surface area contributed by atoms with Crippen LogP contribution in [0.1, 0.15) is 31.2 Å². The fraction of sp³-hybridized carbons (Fsp3) is 0.562. The Kier molecular flexibility index (Phi) is 6.34. The number of likely N-dealkylation sites (tertiary alicyclic amines) is 1. The van der Waals surface area contributed by atoms with Gasteiger partial charge in [-0.05, 0) is 69.4 Å². The van der Waals surface area contributed by atoms with Crippen LogP contribution in [-0.2, 0) is 11.2 Å². The Morgan fingerprint density at radius 1 is 1.19 bits per heavy atom. The Morgan fingerprint density at radius 2 is 1.90 bits per heavy atom.